The minimum Gasteiger partial charge on any atom is -0.466 e. The third-order valence-electron chi connectivity index (χ3n) is 3.40. The van der Waals surface area contributed by atoms with Crippen LogP contribution in [0.15, 0.2) is 0 Å². The summed E-state index contributed by atoms with van der Waals surface area (Å²) < 4.78 is 10.4. The van der Waals surface area contributed by atoms with Gasteiger partial charge in [-0.05, 0) is 25.7 Å². The predicted octanol–water partition coefficient (Wildman–Crippen LogP) is 2.49. The van der Waals surface area contributed by atoms with Crippen LogP contribution in [0.1, 0.15) is 52.4 Å². The van der Waals surface area contributed by atoms with Crippen LogP contribution in [-0.4, -0.2) is 31.1 Å². The SMILES string of the molecule is CCOC(=O)CCC(=O)COC1CCCCC1C. The van der Waals surface area contributed by atoms with Gasteiger partial charge in [-0.25, -0.2) is 0 Å². The van der Waals surface area contributed by atoms with E-state index in [-0.39, 0.29) is 37.3 Å². The van der Waals surface area contributed by atoms with Crippen molar-refractivity contribution in [1.82, 2.24) is 0 Å². The van der Waals surface area contributed by atoms with Gasteiger partial charge in [0.05, 0.1) is 19.1 Å². The molecule has 0 amide bonds. The first-order valence-electron chi connectivity index (χ1n) is 6.92. The van der Waals surface area contributed by atoms with Crippen molar-refractivity contribution in [3.8, 4) is 0 Å². The number of ether oxygens (including phenoxy) is 2. The van der Waals surface area contributed by atoms with Crippen molar-refractivity contribution in [2.45, 2.75) is 58.5 Å². The lowest BCUT2D eigenvalue weighted by molar-refractivity contribution is -0.145. The molecule has 0 saturated heterocycles. The van der Waals surface area contributed by atoms with Crippen LogP contribution in [-0.2, 0) is 19.1 Å². The minimum atomic E-state index is -0.308. The van der Waals surface area contributed by atoms with E-state index in [1.165, 1.54) is 19.3 Å². The molecule has 0 N–H and O–H groups in total. The number of hydrogen-bond acceptors (Lipinski definition) is 4. The minimum absolute atomic E-state index is 0.0131. The highest BCUT2D eigenvalue weighted by molar-refractivity contribution is 5.83. The van der Waals surface area contributed by atoms with Crippen LogP contribution in [0.4, 0.5) is 0 Å². The van der Waals surface area contributed by atoms with E-state index in [0.717, 1.165) is 6.42 Å². The van der Waals surface area contributed by atoms with E-state index >= 15 is 0 Å². The first-order chi connectivity index (χ1) is 8.63. The first kappa shape index (κ1) is 15.2. The summed E-state index contributed by atoms with van der Waals surface area (Å²) in [5.74, 6) is 0.217. The molecule has 2 unspecified atom stereocenters. The van der Waals surface area contributed by atoms with E-state index in [1.807, 2.05) is 0 Å². The molecule has 1 rings (SSSR count). The summed E-state index contributed by atoms with van der Waals surface area (Å²) in [6.45, 7) is 4.43. The Hall–Kier alpha value is -0.900. The second kappa shape index (κ2) is 8.25. The zero-order chi connectivity index (χ0) is 13.4. The second-order valence-electron chi connectivity index (χ2n) is 4.95. The van der Waals surface area contributed by atoms with Gasteiger partial charge in [0, 0.05) is 6.42 Å². The molecule has 0 bridgehead atoms. The lowest BCUT2D eigenvalue weighted by Crippen LogP contribution is -2.28. The molecule has 0 aromatic rings. The molecule has 0 aromatic heterocycles. The van der Waals surface area contributed by atoms with E-state index in [4.69, 9.17) is 9.47 Å². The summed E-state index contributed by atoms with van der Waals surface area (Å²) in [5, 5.41) is 0. The van der Waals surface area contributed by atoms with Crippen LogP contribution >= 0.6 is 0 Å². The van der Waals surface area contributed by atoms with Crippen molar-refractivity contribution in [3.63, 3.8) is 0 Å². The Morgan fingerprint density at radius 1 is 1.17 bits per heavy atom. The highest BCUT2D eigenvalue weighted by atomic mass is 16.5. The third-order valence-corrected chi connectivity index (χ3v) is 3.40. The Balaban J connectivity index is 2.14. The quantitative estimate of drug-likeness (QED) is 0.657. The lowest BCUT2D eigenvalue weighted by atomic mass is 9.88. The fraction of sp³-hybridized carbons (Fsp3) is 0.857. The molecule has 4 heteroatoms. The maximum absolute atomic E-state index is 11.6. The van der Waals surface area contributed by atoms with Gasteiger partial charge in [-0.2, -0.15) is 0 Å². The summed E-state index contributed by atoms with van der Waals surface area (Å²) in [6.07, 6.45) is 5.28. The van der Waals surface area contributed by atoms with Gasteiger partial charge >= 0.3 is 5.97 Å². The Bertz CT molecular complexity index is 275. The topological polar surface area (TPSA) is 52.6 Å². The molecule has 0 heterocycles. The summed E-state index contributed by atoms with van der Waals surface area (Å²) in [7, 11) is 0. The summed E-state index contributed by atoms with van der Waals surface area (Å²) in [6, 6.07) is 0. The van der Waals surface area contributed by atoms with E-state index in [0.29, 0.717) is 12.5 Å². The number of ketones is 1. The highest BCUT2D eigenvalue weighted by Gasteiger charge is 2.22. The number of Topliss-reactive ketones (excluding diaryl/α,β-unsaturated/α-hetero) is 1. The molecule has 0 spiro atoms. The third kappa shape index (κ3) is 5.63. The van der Waals surface area contributed by atoms with Gasteiger partial charge in [0.15, 0.2) is 5.78 Å². The van der Waals surface area contributed by atoms with Crippen molar-refractivity contribution in [2.24, 2.45) is 5.92 Å². The zero-order valence-corrected chi connectivity index (χ0v) is 11.4. The molecule has 1 aliphatic rings. The fourth-order valence-corrected chi connectivity index (χ4v) is 2.28. The maximum atomic E-state index is 11.6. The van der Waals surface area contributed by atoms with Crippen molar-refractivity contribution in [2.75, 3.05) is 13.2 Å². The second-order valence-corrected chi connectivity index (χ2v) is 4.95. The smallest absolute Gasteiger partial charge is 0.306 e. The Kier molecular flexibility index (Phi) is 6.94. The molecule has 4 nitrogen and oxygen atoms in total. The highest BCUT2D eigenvalue weighted by Crippen LogP contribution is 2.26. The van der Waals surface area contributed by atoms with E-state index in [2.05, 4.69) is 6.92 Å². The monoisotopic (exact) mass is 256 g/mol. The summed E-state index contributed by atoms with van der Waals surface area (Å²) in [4.78, 5) is 22.7. The standard InChI is InChI=1S/C14H24O4/c1-3-17-14(16)9-8-12(15)10-18-13-7-5-4-6-11(13)2/h11,13H,3-10H2,1-2H3. The normalized spacial score (nSPS) is 23.7. The van der Waals surface area contributed by atoms with Crippen LogP contribution in [0.5, 0.6) is 0 Å². The molecule has 18 heavy (non-hydrogen) atoms. The Morgan fingerprint density at radius 2 is 1.89 bits per heavy atom. The molecule has 2 atom stereocenters. The van der Waals surface area contributed by atoms with Crippen LogP contribution in [0.3, 0.4) is 0 Å². The number of carbonyl (C=O) groups excluding carboxylic acids is 2. The van der Waals surface area contributed by atoms with Gasteiger partial charge < -0.3 is 9.47 Å². The van der Waals surface area contributed by atoms with Gasteiger partial charge in [-0.1, -0.05) is 19.8 Å². The van der Waals surface area contributed by atoms with Crippen molar-refractivity contribution < 1.29 is 19.1 Å². The zero-order valence-electron chi connectivity index (χ0n) is 11.4. The Labute approximate surface area is 109 Å². The van der Waals surface area contributed by atoms with Crippen LogP contribution in [0.2, 0.25) is 0 Å². The van der Waals surface area contributed by atoms with Gasteiger partial charge in [0.2, 0.25) is 0 Å². The van der Waals surface area contributed by atoms with E-state index in [9.17, 15) is 9.59 Å². The van der Waals surface area contributed by atoms with Gasteiger partial charge in [-0.3, -0.25) is 9.59 Å². The Morgan fingerprint density at radius 3 is 2.56 bits per heavy atom. The molecule has 1 saturated carbocycles. The molecule has 1 aliphatic carbocycles. The molecule has 104 valence electrons. The number of carbonyl (C=O) groups is 2. The lowest BCUT2D eigenvalue weighted by Gasteiger charge is -2.28. The van der Waals surface area contributed by atoms with Crippen LogP contribution in [0, 0.1) is 5.92 Å². The summed E-state index contributed by atoms with van der Waals surface area (Å²) >= 11 is 0. The van der Waals surface area contributed by atoms with E-state index < -0.39 is 0 Å². The van der Waals surface area contributed by atoms with Crippen molar-refractivity contribution in [3.05, 3.63) is 0 Å². The van der Waals surface area contributed by atoms with Crippen LogP contribution in [0.25, 0.3) is 0 Å². The summed E-state index contributed by atoms with van der Waals surface area (Å²) in [5.41, 5.74) is 0. The molecule has 0 aliphatic heterocycles. The van der Waals surface area contributed by atoms with E-state index in [1.54, 1.807) is 6.92 Å². The van der Waals surface area contributed by atoms with Crippen molar-refractivity contribution >= 4 is 11.8 Å². The first-order valence-corrected chi connectivity index (χ1v) is 6.92. The molecular formula is C14H24O4. The largest absolute Gasteiger partial charge is 0.466 e. The van der Waals surface area contributed by atoms with Gasteiger partial charge in [0.1, 0.15) is 6.61 Å². The average molecular weight is 256 g/mol. The molecule has 0 aromatic carbocycles. The molecular weight excluding hydrogens is 232 g/mol. The number of esters is 1. The molecule has 0 radical (unpaired) electrons. The number of rotatable bonds is 7. The fourth-order valence-electron chi connectivity index (χ4n) is 2.28. The van der Waals surface area contributed by atoms with Gasteiger partial charge in [-0.15, -0.1) is 0 Å². The molecule has 1 fully saturated rings. The van der Waals surface area contributed by atoms with Crippen molar-refractivity contribution in [1.29, 1.82) is 0 Å². The number of hydrogen-bond donors (Lipinski definition) is 0. The van der Waals surface area contributed by atoms with Crippen LogP contribution < -0.4 is 0 Å². The predicted molar refractivity (Wildman–Crippen MR) is 68.2 cm³/mol. The maximum Gasteiger partial charge on any atom is 0.306 e. The van der Waals surface area contributed by atoms with Gasteiger partial charge in [0.25, 0.3) is 0 Å². The average Bonchev–Trinajstić information content (AvgIpc) is 2.36.